The monoisotopic (exact) mass is 454 g/mol. The molecular formula is C25H27ClN2O4. The molecule has 0 atom stereocenters. The highest BCUT2D eigenvalue weighted by molar-refractivity contribution is 6.31. The molecule has 32 heavy (non-hydrogen) atoms. The van der Waals surface area contributed by atoms with Crippen LogP contribution in [0.5, 0.6) is 17.2 Å². The number of ether oxygens (including phenoxy) is 3. The van der Waals surface area contributed by atoms with E-state index in [1.807, 2.05) is 56.3 Å². The minimum atomic E-state index is -0.284. The molecule has 0 fully saturated rings. The molecule has 0 aliphatic heterocycles. The number of rotatable bonds is 10. The molecule has 0 heterocycles. The van der Waals surface area contributed by atoms with E-state index < -0.39 is 0 Å². The van der Waals surface area contributed by atoms with Crippen molar-refractivity contribution in [2.24, 2.45) is 0 Å². The fourth-order valence-electron chi connectivity index (χ4n) is 2.99. The Hall–Kier alpha value is -3.38. The van der Waals surface area contributed by atoms with Gasteiger partial charge in [-0.05, 0) is 73.5 Å². The Morgan fingerprint density at radius 2 is 1.69 bits per heavy atom. The Morgan fingerprint density at radius 3 is 2.38 bits per heavy atom. The summed E-state index contributed by atoms with van der Waals surface area (Å²) >= 11 is 6.10. The van der Waals surface area contributed by atoms with Gasteiger partial charge < -0.3 is 24.8 Å². The van der Waals surface area contributed by atoms with Crippen LogP contribution in [0.1, 0.15) is 18.1 Å². The summed E-state index contributed by atoms with van der Waals surface area (Å²) in [5.41, 5.74) is 3.57. The van der Waals surface area contributed by atoms with Gasteiger partial charge in [0.15, 0.2) is 18.1 Å². The van der Waals surface area contributed by atoms with Crippen molar-refractivity contribution in [3.8, 4) is 17.2 Å². The topological polar surface area (TPSA) is 68.8 Å². The minimum Gasteiger partial charge on any atom is -0.494 e. The van der Waals surface area contributed by atoms with Crippen LogP contribution in [0.3, 0.4) is 0 Å². The van der Waals surface area contributed by atoms with Crippen LogP contribution in [0.2, 0.25) is 5.02 Å². The van der Waals surface area contributed by atoms with Crippen molar-refractivity contribution in [1.29, 1.82) is 0 Å². The molecule has 3 aromatic carbocycles. The first-order chi connectivity index (χ1) is 15.5. The van der Waals surface area contributed by atoms with Crippen molar-refractivity contribution in [2.45, 2.75) is 20.4 Å². The molecule has 168 valence electrons. The third-order valence-corrected chi connectivity index (χ3v) is 5.11. The molecule has 0 aliphatic carbocycles. The molecule has 1 amide bonds. The van der Waals surface area contributed by atoms with Gasteiger partial charge in [0.25, 0.3) is 5.91 Å². The molecule has 0 aliphatic rings. The fraction of sp³-hybridized carbons (Fsp3) is 0.240. The van der Waals surface area contributed by atoms with Crippen LogP contribution in [-0.4, -0.2) is 26.2 Å². The predicted octanol–water partition coefficient (Wildman–Crippen LogP) is 5.69. The van der Waals surface area contributed by atoms with Gasteiger partial charge in [-0.15, -0.1) is 0 Å². The molecular weight excluding hydrogens is 428 g/mol. The van der Waals surface area contributed by atoms with Gasteiger partial charge >= 0.3 is 0 Å². The smallest absolute Gasteiger partial charge is 0.262 e. The molecule has 3 rings (SSSR count). The van der Waals surface area contributed by atoms with Crippen LogP contribution < -0.4 is 24.8 Å². The van der Waals surface area contributed by atoms with Gasteiger partial charge in [0.1, 0.15) is 5.75 Å². The number of aryl methyl sites for hydroxylation is 1. The number of anilines is 2. The number of halogens is 1. The molecule has 0 saturated heterocycles. The lowest BCUT2D eigenvalue weighted by Gasteiger charge is -2.13. The second-order valence-corrected chi connectivity index (χ2v) is 7.50. The maximum atomic E-state index is 12.2. The molecule has 7 heteroatoms. The summed E-state index contributed by atoms with van der Waals surface area (Å²) in [6.45, 7) is 4.97. The highest BCUT2D eigenvalue weighted by Gasteiger charge is 2.10. The van der Waals surface area contributed by atoms with Crippen LogP contribution in [0.4, 0.5) is 11.4 Å². The fourth-order valence-corrected chi connectivity index (χ4v) is 3.17. The Balaban J connectivity index is 1.54. The first-order valence-corrected chi connectivity index (χ1v) is 10.7. The third-order valence-electron chi connectivity index (χ3n) is 4.70. The standard InChI is InChI=1S/C25H27ClN2O4/c1-4-31-21-10-8-19(9-11-21)27-15-18-6-12-23(24(13-18)30-3)32-16-25(29)28-20-7-5-17(2)22(26)14-20/h5-14,27H,4,15-16H2,1-3H3,(H,28,29). The summed E-state index contributed by atoms with van der Waals surface area (Å²) in [6.07, 6.45) is 0. The highest BCUT2D eigenvalue weighted by Crippen LogP contribution is 2.29. The van der Waals surface area contributed by atoms with Gasteiger partial charge in [-0.2, -0.15) is 0 Å². The van der Waals surface area contributed by atoms with Crippen molar-refractivity contribution < 1.29 is 19.0 Å². The van der Waals surface area contributed by atoms with Gasteiger partial charge in [-0.1, -0.05) is 23.7 Å². The Bertz CT molecular complexity index is 1050. The van der Waals surface area contributed by atoms with Crippen LogP contribution in [-0.2, 0) is 11.3 Å². The largest absolute Gasteiger partial charge is 0.494 e. The molecule has 0 unspecified atom stereocenters. The van der Waals surface area contributed by atoms with Crippen LogP contribution in [0.15, 0.2) is 60.7 Å². The number of benzene rings is 3. The average molecular weight is 455 g/mol. The number of carbonyl (C=O) groups is 1. The van der Waals surface area contributed by atoms with E-state index in [1.54, 1.807) is 25.3 Å². The van der Waals surface area contributed by atoms with E-state index in [2.05, 4.69) is 10.6 Å². The molecule has 0 radical (unpaired) electrons. The summed E-state index contributed by atoms with van der Waals surface area (Å²) in [7, 11) is 1.57. The maximum absolute atomic E-state index is 12.2. The quantitative estimate of drug-likeness (QED) is 0.412. The van der Waals surface area contributed by atoms with Crippen LogP contribution in [0.25, 0.3) is 0 Å². The summed E-state index contributed by atoms with van der Waals surface area (Å²) in [4.78, 5) is 12.2. The summed E-state index contributed by atoms with van der Waals surface area (Å²) in [6, 6.07) is 18.8. The van der Waals surface area contributed by atoms with Crippen molar-refractivity contribution in [3.63, 3.8) is 0 Å². The van der Waals surface area contributed by atoms with Gasteiger partial charge in [0.2, 0.25) is 0 Å². The molecule has 0 spiro atoms. The van der Waals surface area contributed by atoms with Crippen molar-refractivity contribution in [2.75, 3.05) is 31.0 Å². The van der Waals surface area contributed by atoms with Crippen molar-refractivity contribution in [1.82, 2.24) is 0 Å². The van der Waals surface area contributed by atoms with Gasteiger partial charge in [-0.25, -0.2) is 0 Å². The van der Waals surface area contributed by atoms with Crippen LogP contribution >= 0.6 is 11.6 Å². The zero-order valence-electron chi connectivity index (χ0n) is 18.4. The first-order valence-electron chi connectivity index (χ1n) is 10.3. The van der Waals surface area contributed by atoms with Gasteiger partial charge in [-0.3, -0.25) is 4.79 Å². The summed E-state index contributed by atoms with van der Waals surface area (Å²) in [5.74, 6) is 1.61. The Kier molecular flexibility index (Phi) is 8.22. The number of nitrogens with one attached hydrogen (secondary N) is 2. The zero-order chi connectivity index (χ0) is 22.9. The van der Waals surface area contributed by atoms with Gasteiger partial charge in [0, 0.05) is 22.9 Å². The lowest BCUT2D eigenvalue weighted by molar-refractivity contribution is -0.118. The van der Waals surface area contributed by atoms with Crippen molar-refractivity contribution >= 4 is 28.9 Å². The average Bonchev–Trinajstić information content (AvgIpc) is 2.80. The number of methoxy groups -OCH3 is 1. The minimum absolute atomic E-state index is 0.147. The van der Waals surface area contributed by atoms with E-state index in [0.717, 1.165) is 22.6 Å². The Labute approximate surface area is 193 Å². The predicted molar refractivity (Wildman–Crippen MR) is 128 cm³/mol. The summed E-state index contributed by atoms with van der Waals surface area (Å²) in [5, 5.41) is 6.73. The van der Waals surface area contributed by atoms with Crippen molar-refractivity contribution in [3.05, 3.63) is 76.8 Å². The lowest BCUT2D eigenvalue weighted by Crippen LogP contribution is -2.20. The normalized spacial score (nSPS) is 10.4. The maximum Gasteiger partial charge on any atom is 0.262 e. The van der Waals surface area contributed by atoms with E-state index in [9.17, 15) is 4.79 Å². The SMILES string of the molecule is CCOc1ccc(NCc2ccc(OCC(=O)Nc3ccc(C)c(Cl)c3)c(OC)c2)cc1. The zero-order valence-corrected chi connectivity index (χ0v) is 19.2. The van der Waals surface area contributed by atoms with E-state index in [1.165, 1.54) is 0 Å². The van der Waals surface area contributed by atoms with E-state index in [-0.39, 0.29) is 12.5 Å². The summed E-state index contributed by atoms with van der Waals surface area (Å²) < 4.78 is 16.6. The number of hydrogen-bond acceptors (Lipinski definition) is 5. The molecule has 0 bridgehead atoms. The number of hydrogen-bond donors (Lipinski definition) is 2. The molecule has 0 aromatic heterocycles. The Morgan fingerprint density at radius 1 is 0.938 bits per heavy atom. The second kappa shape index (κ2) is 11.3. The molecule has 0 saturated carbocycles. The highest BCUT2D eigenvalue weighted by atomic mass is 35.5. The van der Waals surface area contributed by atoms with E-state index in [0.29, 0.717) is 35.4 Å². The van der Waals surface area contributed by atoms with Gasteiger partial charge in [0.05, 0.1) is 13.7 Å². The number of carbonyl (C=O) groups excluding carboxylic acids is 1. The van der Waals surface area contributed by atoms with E-state index in [4.69, 9.17) is 25.8 Å². The molecule has 6 nitrogen and oxygen atoms in total. The van der Waals surface area contributed by atoms with Crippen LogP contribution in [0, 0.1) is 6.92 Å². The first kappa shape index (κ1) is 23.3. The molecule has 2 N–H and O–H groups in total. The number of amides is 1. The third kappa shape index (κ3) is 6.56. The second-order valence-electron chi connectivity index (χ2n) is 7.10. The lowest BCUT2D eigenvalue weighted by atomic mass is 10.2. The van der Waals surface area contributed by atoms with E-state index >= 15 is 0 Å². The molecule has 3 aromatic rings.